The van der Waals surface area contributed by atoms with Crippen LogP contribution in [0, 0.1) is 13.8 Å². The third-order valence-corrected chi connectivity index (χ3v) is 3.72. The van der Waals surface area contributed by atoms with Gasteiger partial charge in [0, 0.05) is 17.8 Å². The smallest absolute Gasteiger partial charge is 0.322 e. The van der Waals surface area contributed by atoms with E-state index in [0.29, 0.717) is 17.8 Å². The van der Waals surface area contributed by atoms with Crippen molar-refractivity contribution in [1.82, 2.24) is 5.32 Å². The summed E-state index contributed by atoms with van der Waals surface area (Å²) >= 11 is 0. The number of hydrogen-bond acceptors (Lipinski definition) is 3. The van der Waals surface area contributed by atoms with Crippen molar-refractivity contribution in [2.45, 2.75) is 20.4 Å². The summed E-state index contributed by atoms with van der Waals surface area (Å²) < 4.78 is 0. The van der Waals surface area contributed by atoms with Gasteiger partial charge < -0.3 is 15.7 Å². The zero-order chi connectivity index (χ0) is 16.8. The zero-order valence-corrected chi connectivity index (χ0v) is 13.2. The van der Waals surface area contributed by atoms with Crippen LogP contribution in [0.15, 0.2) is 42.5 Å². The molecule has 120 valence electrons. The zero-order valence-electron chi connectivity index (χ0n) is 13.2. The fourth-order valence-corrected chi connectivity index (χ4v) is 2.23. The number of carboxylic acid groups (broad SMARTS) is 1. The predicted octanol–water partition coefficient (Wildman–Crippen LogP) is 2.73. The molecule has 3 N–H and O–H groups in total. The Morgan fingerprint density at radius 1 is 1.09 bits per heavy atom. The van der Waals surface area contributed by atoms with Crippen LogP contribution >= 0.6 is 0 Å². The van der Waals surface area contributed by atoms with Gasteiger partial charge in [-0.1, -0.05) is 24.3 Å². The highest BCUT2D eigenvalue weighted by Gasteiger charge is 2.08. The van der Waals surface area contributed by atoms with Crippen molar-refractivity contribution in [2.24, 2.45) is 0 Å². The molecule has 0 spiro atoms. The Hall–Kier alpha value is -2.82. The fraction of sp³-hybridized carbons (Fsp3) is 0.222. The van der Waals surface area contributed by atoms with Crippen LogP contribution in [-0.4, -0.2) is 23.5 Å². The van der Waals surface area contributed by atoms with E-state index in [0.717, 1.165) is 5.56 Å². The molecule has 0 unspecified atom stereocenters. The first-order valence-corrected chi connectivity index (χ1v) is 7.36. The summed E-state index contributed by atoms with van der Waals surface area (Å²) in [7, 11) is 0. The van der Waals surface area contributed by atoms with Gasteiger partial charge in [0.15, 0.2) is 0 Å². The van der Waals surface area contributed by atoms with Crippen molar-refractivity contribution in [3.63, 3.8) is 0 Å². The summed E-state index contributed by atoms with van der Waals surface area (Å²) in [6.07, 6.45) is 0. The standard InChI is InChI=1S/C18H20N2O3/c1-12-5-3-7-15(13(12)2)10-20-18(23)14-6-4-8-16(9-14)19-11-17(21)22/h3-9,19H,10-11H2,1-2H3,(H,20,23)(H,21,22). The molecule has 2 aromatic carbocycles. The molecule has 0 heterocycles. The van der Waals surface area contributed by atoms with E-state index >= 15 is 0 Å². The van der Waals surface area contributed by atoms with Gasteiger partial charge in [0.2, 0.25) is 0 Å². The summed E-state index contributed by atoms with van der Waals surface area (Å²) in [5, 5.41) is 14.3. The number of carbonyl (C=O) groups is 2. The van der Waals surface area contributed by atoms with E-state index in [1.165, 1.54) is 11.1 Å². The number of carbonyl (C=O) groups excluding carboxylic acids is 1. The predicted molar refractivity (Wildman–Crippen MR) is 89.7 cm³/mol. The molecule has 0 aromatic heterocycles. The minimum Gasteiger partial charge on any atom is -0.480 e. The minimum absolute atomic E-state index is 0.187. The van der Waals surface area contributed by atoms with Crippen LogP contribution in [0.5, 0.6) is 0 Å². The Balaban J connectivity index is 2.02. The van der Waals surface area contributed by atoms with Crippen molar-refractivity contribution in [1.29, 1.82) is 0 Å². The second kappa shape index (κ2) is 7.45. The molecule has 2 aromatic rings. The number of benzene rings is 2. The molecule has 5 nitrogen and oxygen atoms in total. The van der Waals surface area contributed by atoms with Gasteiger partial charge in [-0.05, 0) is 48.7 Å². The van der Waals surface area contributed by atoms with Crippen molar-refractivity contribution in [3.8, 4) is 0 Å². The van der Waals surface area contributed by atoms with Gasteiger partial charge in [-0.2, -0.15) is 0 Å². The number of nitrogens with one attached hydrogen (secondary N) is 2. The van der Waals surface area contributed by atoms with Gasteiger partial charge in [0.05, 0.1) is 0 Å². The summed E-state index contributed by atoms with van der Waals surface area (Å²) in [4.78, 5) is 22.8. The highest BCUT2D eigenvalue weighted by molar-refractivity contribution is 5.95. The van der Waals surface area contributed by atoms with Crippen LogP contribution in [0.3, 0.4) is 0 Å². The molecule has 0 bridgehead atoms. The lowest BCUT2D eigenvalue weighted by atomic mass is 10.0. The lowest BCUT2D eigenvalue weighted by Gasteiger charge is -2.11. The average Bonchev–Trinajstić information content (AvgIpc) is 2.54. The molecule has 0 saturated carbocycles. The fourth-order valence-electron chi connectivity index (χ4n) is 2.23. The van der Waals surface area contributed by atoms with Crippen LogP contribution in [0.2, 0.25) is 0 Å². The first kappa shape index (κ1) is 16.5. The van der Waals surface area contributed by atoms with Crippen LogP contribution < -0.4 is 10.6 Å². The molecule has 0 radical (unpaired) electrons. The molecule has 0 aliphatic carbocycles. The maximum Gasteiger partial charge on any atom is 0.322 e. The molecule has 0 saturated heterocycles. The third kappa shape index (κ3) is 4.57. The van der Waals surface area contributed by atoms with Gasteiger partial charge in [0.25, 0.3) is 5.91 Å². The maximum atomic E-state index is 12.2. The quantitative estimate of drug-likeness (QED) is 0.766. The molecule has 5 heteroatoms. The summed E-state index contributed by atoms with van der Waals surface area (Å²) in [5.74, 6) is -1.14. The number of anilines is 1. The first-order valence-electron chi connectivity index (χ1n) is 7.36. The van der Waals surface area contributed by atoms with E-state index in [1.54, 1.807) is 24.3 Å². The number of carboxylic acids is 1. The Labute approximate surface area is 135 Å². The van der Waals surface area contributed by atoms with E-state index in [1.807, 2.05) is 32.0 Å². The van der Waals surface area contributed by atoms with Crippen LogP contribution in [-0.2, 0) is 11.3 Å². The summed E-state index contributed by atoms with van der Waals surface area (Å²) in [5.41, 5.74) is 4.54. The first-order chi connectivity index (χ1) is 11.0. The van der Waals surface area contributed by atoms with Gasteiger partial charge >= 0.3 is 5.97 Å². The van der Waals surface area contributed by atoms with E-state index < -0.39 is 5.97 Å². The largest absolute Gasteiger partial charge is 0.480 e. The van der Waals surface area contributed by atoms with Crippen molar-refractivity contribution >= 4 is 17.6 Å². The lowest BCUT2D eigenvalue weighted by Crippen LogP contribution is -2.23. The number of amides is 1. The van der Waals surface area contributed by atoms with E-state index in [2.05, 4.69) is 10.6 Å². The SMILES string of the molecule is Cc1cccc(CNC(=O)c2cccc(NCC(=O)O)c2)c1C. The van der Waals surface area contributed by atoms with Crippen molar-refractivity contribution in [2.75, 3.05) is 11.9 Å². The molecule has 0 fully saturated rings. The number of aryl methyl sites for hydroxylation is 1. The van der Waals surface area contributed by atoms with E-state index in [9.17, 15) is 9.59 Å². The molecule has 0 atom stereocenters. The number of rotatable bonds is 6. The van der Waals surface area contributed by atoms with Crippen LogP contribution in [0.1, 0.15) is 27.0 Å². The molecule has 0 aliphatic heterocycles. The third-order valence-electron chi connectivity index (χ3n) is 3.72. The Morgan fingerprint density at radius 3 is 2.57 bits per heavy atom. The van der Waals surface area contributed by atoms with Gasteiger partial charge in [-0.15, -0.1) is 0 Å². The Bertz CT molecular complexity index is 726. The molecule has 2 rings (SSSR count). The minimum atomic E-state index is -0.949. The van der Waals surface area contributed by atoms with Crippen molar-refractivity contribution in [3.05, 3.63) is 64.7 Å². The van der Waals surface area contributed by atoms with E-state index in [-0.39, 0.29) is 12.5 Å². The second-order valence-corrected chi connectivity index (χ2v) is 5.37. The molecule has 23 heavy (non-hydrogen) atoms. The number of hydrogen-bond donors (Lipinski definition) is 3. The van der Waals surface area contributed by atoms with Crippen molar-refractivity contribution < 1.29 is 14.7 Å². The highest BCUT2D eigenvalue weighted by Crippen LogP contribution is 2.13. The molecular weight excluding hydrogens is 292 g/mol. The maximum absolute atomic E-state index is 12.2. The van der Waals surface area contributed by atoms with Crippen LogP contribution in [0.25, 0.3) is 0 Å². The molecule has 1 amide bonds. The normalized spacial score (nSPS) is 10.2. The highest BCUT2D eigenvalue weighted by atomic mass is 16.4. The average molecular weight is 312 g/mol. The Kier molecular flexibility index (Phi) is 5.36. The molecule has 0 aliphatic rings. The summed E-state index contributed by atoms with van der Waals surface area (Å²) in [6, 6.07) is 12.8. The van der Waals surface area contributed by atoms with Gasteiger partial charge in [0.1, 0.15) is 6.54 Å². The molecular formula is C18H20N2O3. The lowest BCUT2D eigenvalue weighted by molar-refractivity contribution is -0.134. The van der Waals surface area contributed by atoms with E-state index in [4.69, 9.17) is 5.11 Å². The Morgan fingerprint density at radius 2 is 1.83 bits per heavy atom. The van der Waals surface area contributed by atoms with Gasteiger partial charge in [-0.25, -0.2) is 0 Å². The van der Waals surface area contributed by atoms with Crippen LogP contribution in [0.4, 0.5) is 5.69 Å². The topological polar surface area (TPSA) is 78.4 Å². The summed E-state index contributed by atoms with van der Waals surface area (Å²) in [6.45, 7) is 4.35. The second-order valence-electron chi connectivity index (χ2n) is 5.37. The monoisotopic (exact) mass is 312 g/mol. The van der Waals surface area contributed by atoms with Gasteiger partial charge in [-0.3, -0.25) is 9.59 Å². The number of aliphatic carboxylic acids is 1.